The van der Waals surface area contributed by atoms with E-state index in [4.69, 9.17) is 0 Å². The van der Waals surface area contributed by atoms with Gasteiger partial charge in [-0.25, -0.2) is 0 Å². The van der Waals surface area contributed by atoms with Crippen LogP contribution in [0.5, 0.6) is 0 Å². The average Bonchev–Trinajstić information content (AvgIpc) is 2.69. The third-order valence-electron chi connectivity index (χ3n) is 3.24. The van der Waals surface area contributed by atoms with Gasteiger partial charge >= 0.3 is 0 Å². The number of piperazine rings is 1. The SMILES string of the molecule is CC1C(=O)NC(=O)CN1C(=O)CN1CCCC1=O. The second-order valence-electron chi connectivity index (χ2n) is 4.53. The number of hydrogen-bond acceptors (Lipinski definition) is 4. The Balaban J connectivity index is 2.01. The number of amides is 4. The van der Waals surface area contributed by atoms with Gasteiger partial charge in [-0.05, 0) is 13.3 Å². The molecular weight excluding hydrogens is 238 g/mol. The first-order chi connectivity index (χ1) is 8.49. The second kappa shape index (κ2) is 4.75. The number of nitrogens with one attached hydrogen (secondary N) is 1. The van der Waals surface area contributed by atoms with E-state index < -0.39 is 17.9 Å². The van der Waals surface area contributed by atoms with E-state index >= 15 is 0 Å². The molecule has 0 bridgehead atoms. The standard InChI is InChI=1S/C11H15N3O4/c1-7-11(18)12-8(15)5-14(7)10(17)6-13-4-2-3-9(13)16/h7H,2-6H2,1H3,(H,12,15,18). The fraction of sp³-hybridized carbons (Fsp3) is 0.636. The van der Waals surface area contributed by atoms with E-state index in [1.165, 1.54) is 9.80 Å². The van der Waals surface area contributed by atoms with Gasteiger partial charge in [-0.15, -0.1) is 0 Å². The predicted molar refractivity (Wildman–Crippen MR) is 60.1 cm³/mol. The molecule has 2 aliphatic rings. The highest BCUT2D eigenvalue weighted by atomic mass is 16.2. The molecule has 1 N–H and O–H groups in total. The smallest absolute Gasteiger partial charge is 0.249 e. The summed E-state index contributed by atoms with van der Waals surface area (Å²) in [6, 6.07) is -0.673. The number of imide groups is 1. The van der Waals surface area contributed by atoms with Crippen molar-refractivity contribution >= 4 is 23.6 Å². The molecule has 7 heteroatoms. The summed E-state index contributed by atoms with van der Waals surface area (Å²) >= 11 is 0. The number of likely N-dealkylation sites (tertiary alicyclic amines) is 1. The van der Waals surface area contributed by atoms with E-state index in [-0.39, 0.29) is 24.9 Å². The number of hydrogen-bond donors (Lipinski definition) is 1. The number of rotatable bonds is 2. The molecule has 2 heterocycles. The van der Waals surface area contributed by atoms with Gasteiger partial charge < -0.3 is 9.80 Å². The zero-order valence-corrected chi connectivity index (χ0v) is 10.1. The largest absolute Gasteiger partial charge is 0.333 e. The Kier molecular flexibility index (Phi) is 3.31. The maximum Gasteiger partial charge on any atom is 0.249 e. The van der Waals surface area contributed by atoms with Crippen molar-refractivity contribution in [1.82, 2.24) is 15.1 Å². The third kappa shape index (κ3) is 2.34. The van der Waals surface area contributed by atoms with Crippen LogP contribution in [0.25, 0.3) is 0 Å². The molecule has 2 fully saturated rings. The van der Waals surface area contributed by atoms with Gasteiger partial charge in [0, 0.05) is 13.0 Å². The Labute approximate surface area is 104 Å². The Morgan fingerprint density at radius 3 is 2.72 bits per heavy atom. The van der Waals surface area contributed by atoms with E-state index in [0.29, 0.717) is 13.0 Å². The van der Waals surface area contributed by atoms with Crippen LogP contribution in [0.2, 0.25) is 0 Å². The summed E-state index contributed by atoms with van der Waals surface area (Å²) in [5.41, 5.74) is 0. The zero-order valence-electron chi connectivity index (χ0n) is 10.1. The van der Waals surface area contributed by atoms with Crippen LogP contribution in [-0.4, -0.2) is 59.1 Å². The fourth-order valence-electron chi connectivity index (χ4n) is 2.14. The van der Waals surface area contributed by atoms with Crippen molar-refractivity contribution in [2.75, 3.05) is 19.6 Å². The van der Waals surface area contributed by atoms with E-state index in [1.54, 1.807) is 6.92 Å². The summed E-state index contributed by atoms with van der Waals surface area (Å²) < 4.78 is 0. The molecule has 2 rings (SSSR count). The van der Waals surface area contributed by atoms with Gasteiger partial charge in [-0.2, -0.15) is 0 Å². The first kappa shape index (κ1) is 12.5. The summed E-state index contributed by atoms with van der Waals surface area (Å²) in [4.78, 5) is 48.7. The molecule has 98 valence electrons. The Bertz CT molecular complexity index is 421. The van der Waals surface area contributed by atoms with E-state index in [0.717, 1.165) is 6.42 Å². The zero-order chi connectivity index (χ0) is 13.3. The molecular formula is C11H15N3O4. The molecule has 0 aromatic heterocycles. The van der Waals surface area contributed by atoms with Gasteiger partial charge in [0.15, 0.2) is 0 Å². The van der Waals surface area contributed by atoms with Crippen LogP contribution in [0, 0.1) is 0 Å². The highest BCUT2D eigenvalue weighted by molar-refractivity contribution is 6.04. The molecule has 0 aliphatic carbocycles. The minimum atomic E-state index is -0.673. The molecule has 4 amide bonds. The second-order valence-corrected chi connectivity index (χ2v) is 4.53. The van der Waals surface area contributed by atoms with Crippen LogP contribution >= 0.6 is 0 Å². The van der Waals surface area contributed by atoms with Gasteiger partial charge in [0.1, 0.15) is 12.6 Å². The van der Waals surface area contributed by atoms with Crippen LogP contribution < -0.4 is 5.32 Å². The van der Waals surface area contributed by atoms with Crippen molar-refractivity contribution < 1.29 is 19.2 Å². The van der Waals surface area contributed by atoms with Gasteiger partial charge in [0.2, 0.25) is 23.6 Å². The Morgan fingerprint density at radius 2 is 2.11 bits per heavy atom. The molecule has 0 saturated carbocycles. The average molecular weight is 253 g/mol. The lowest BCUT2D eigenvalue weighted by Gasteiger charge is -2.32. The van der Waals surface area contributed by atoms with Crippen LogP contribution in [0.1, 0.15) is 19.8 Å². The summed E-state index contributed by atoms with van der Waals surface area (Å²) in [5.74, 6) is -1.38. The van der Waals surface area contributed by atoms with Crippen molar-refractivity contribution in [3.63, 3.8) is 0 Å². The summed E-state index contributed by atoms with van der Waals surface area (Å²) in [6.07, 6.45) is 1.21. The number of carbonyl (C=O) groups excluding carboxylic acids is 4. The van der Waals surface area contributed by atoms with Gasteiger partial charge in [-0.1, -0.05) is 0 Å². The van der Waals surface area contributed by atoms with Crippen LogP contribution in [0.15, 0.2) is 0 Å². The summed E-state index contributed by atoms with van der Waals surface area (Å²) in [5, 5.41) is 2.16. The molecule has 2 saturated heterocycles. The van der Waals surface area contributed by atoms with E-state index in [2.05, 4.69) is 5.32 Å². The van der Waals surface area contributed by atoms with Crippen LogP contribution in [0.3, 0.4) is 0 Å². The van der Waals surface area contributed by atoms with Crippen LogP contribution in [-0.2, 0) is 19.2 Å². The Hall–Kier alpha value is -1.92. The number of carbonyl (C=O) groups is 4. The lowest BCUT2D eigenvalue weighted by atomic mass is 10.2. The molecule has 0 aromatic carbocycles. The quantitative estimate of drug-likeness (QED) is 0.606. The van der Waals surface area contributed by atoms with E-state index in [1.807, 2.05) is 0 Å². The molecule has 1 atom stereocenters. The molecule has 0 spiro atoms. The maximum atomic E-state index is 12.0. The molecule has 0 aromatic rings. The van der Waals surface area contributed by atoms with E-state index in [9.17, 15) is 19.2 Å². The number of nitrogens with zero attached hydrogens (tertiary/aromatic N) is 2. The molecule has 18 heavy (non-hydrogen) atoms. The highest BCUT2D eigenvalue weighted by Crippen LogP contribution is 2.11. The first-order valence-corrected chi connectivity index (χ1v) is 5.90. The highest BCUT2D eigenvalue weighted by Gasteiger charge is 2.35. The first-order valence-electron chi connectivity index (χ1n) is 5.90. The maximum absolute atomic E-state index is 12.0. The topological polar surface area (TPSA) is 86.8 Å². The van der Waals surface area contributed by atoms with Crippen molar-refractivity contribution in [2.45, 2.75) is 25.8 Å². The monoisotopic (exact) mass is 253 g/mol. The summed E-state index contributed by atoms with van der Waals surface area (Å²) in [7, 11) is 0. The molecule has 0 radical (unpaired) electrons. The predicted octanol–water partition coefficient (Wildman–Crippen LogP) is -1.52. The van der Waals surface area contributed by atoms with Crippen molar-refractivity contribution in [1.29, 1.82) is 0 Å². The molecule has 1 unspecified atom stereocenters. The van der Waals surface area contributed by atoms with Gasteiger partial charge in [0.25, 0.3) is 0 Å². The lowest BCUT2D eigenvalue weighted by molar-refractivity contribution is -0.150. The van der Waals surface area contributed by atoms with Crippen molar-refractivity contribution in [3.05, 3.63) is 0 Å². The minimum absolute atomic E-state index is 0.0519. The van der Waals surface area contributed by atoms with Crippen molar-refractivity contribution in [2.24, 2.45) is 0 Å². The summed E-state index contributed by atoms with van der Waals surface area (Å²) in [6.45, 7) is 1.94. The van der Waals surface area contributed by atoms with Gasteiger partial charge in [0.05, 0.1) is 6.54 Å². The fourth-order valence-corrected chi connectivity index (χ4v) is 2.14. The third-order valence-corrected chi connectivity index (χ3v) is 3.24. The van der Waals surface area contributed by atoms with Gasteiger partial charge in [-0.3, -0.25) is 24.5 Å². The Morgan fingerprint density at radius 1 is 1.39 bits per heavy atom. The van der Waals surface area contributed by atoms with Crippen molar-refractivity contribution in [3.8, 4) is 0 Å². The lowest BCUT2D eigenvalue weighted by Crippen LogP contribution is -2.60. The molecule has 7 nitrogen and oxygen atoms in total. The molecule has 2 aliphatic heterocycles. The normalized spacial score (nSPS) is 24.5. The minimum Gasteiger partial charge on any atom is -0.333 e. The van der Waals surface area contributed by atoms with Crippen LogP contribution in [0.4, 0.5) is 0 Å².